The second-order valence-electron chi connectivity index (χ2n) is 6.03. The quantitative estimate of drug-likeness (QED) is 0.876. The predicted octanol–water partition coefficient (Wildman–Crippen LogP) is 2.15. The van der Waals surface area contributed by atoms with Crippen LogP contribution < -0.4 is 5.32 Å². The molecule has 1 aromatic rings. The van der Waals surface area contributed by atoms with Crippen molar-refractivity contribution < 1.29 is 27.9 Å². The van der Waals surface area contributed by atoms with E-state index in [9.17, 15) is 22.8 Å². The molecule has 2 heterocycles. The van der Waals surface area contributed by atoms with Gasteiger partial charge in [-0.1, -0.05) is 6.07 Å². The van der Waals surface area contributed by atoms with E-state index < -0.39 is 29.3 Å². The zero-order valence-electron chi connectivity index (χ0n) is 13.1. The number of alkyl halides is 3. The van der Waals surface area contributed by atoms with E-state index in [2.05, 4.69) is 10.3 Å². The maximum Gasteiger partial charge on any atom is 0.433 e. The third-order valence-corrected chi connectivity index (χ3v) is 4.03. The first-order valence-corrected chi connectivity index (χ1v) is 7.41. The third-order valence-electron chi connectivity index (χ3n) is 4.03. The summed E-state index contributed by atoms with van der Waals surface area (Å²) in [4.78, 5) is 28.1. The number of nitrogens with zero attached hydrogens (tertiary/aromatic N) is 2. The number of pyridine rings is 1. The Kier molecular flexibility index (Phi) is 5.00. The van der Waals surface area contributed by atoms with Gasteiger partial charge in [-0.25, -0.2) is 9.78 Å². The summed E-state index contributed by atoms with van der Waals surface area (Å²) in [5.74, 6) is -0.953. The molecule has 132 valence electrons. The first kappa shape index (κ1) is 18.0. The van der Waals surface area contributed by atoms with Crippen LogP contribution in [0.5, 0.6) is 0 Å². The Morgan fingerprint density at radius 1 is 1.42 bits per heavy atom. The van der Waals surface area contributed by atoms with E-state index in [0.29, 0.717) is 13.0 Å². The molecule has 1 unspecified atom stereocenters. The minimum atomic E-state index is -4.50. The van der Waals surface area contributed by atoms with Crippen molar-refractivity contribution in [3.8, 4) is 0 Å². The minimum Gasteiger partial charge on any atom is -0.481 e. The zero-order chi connectivity index (χ0) is 18.0. The number of carbonyl (C=O) groups is 2. The SMILES string of the molecule is CC1(C(=O)O)CCN(C(=O)NCCc2cccc(C(F)(F)F)n2)C1. The molecule has 1 aliphatic heterocycles. The lowest BCUT2D eigenvalue weighted by Gasteiger charge is -2.20. The number of hydrogen-bond donors (Lipinski definition) is 2. The van der Waals surface area contributed by atoms with Crippen LogP contribution in [0, 0.1) is 5.41 Å². The maximum absolute atomic E-state index is 12.6. The van der Waals surface area contributed by atoms with E-state index in [0.717, 1.165) is 6.07 Å². The molecule has 0 bridgehead atoms. The number of carboxylic acids is 1. The van der Waals surface area contributed by atoms with Crippen LogP contribution in [0.4, 0.5) is 18.0 Å². The molecule has 2 rings (SSSR count). The molecule has 0 aromatic carbocycles. The number of carbonyl (C=O) groups excluding carboxylic acids is 1. The van der Waals surface area contributed by atoms with Crippen molar-refractivity contribution in [1.82, 2.24) is 15.2 Å². The number of likely N-dealkylation sites (tertiary alicyclic amines) is 1. The number of halogens is 3. The molecule has 1 aromatic heterocycles. The van der Waals surface area contributed by atoms with E-state index in [4.69, 9.17) is 5.11 Å². The fourth-order valence-corrected chi connectivity index (χ4v) is 2.49. The van der Waals surface area contributed by atoms with Crippen LogP contribution in [0.15, 0.2) is 18.2 Å². The highest BCUT2D eigenvalue weighted by Gasteiger charge is 2.42. The molecule has 6 nitrogen and oxygen atoms in total. The van der Waals surface area contributed by atoms with Gasteiger partial charge >= 0.3 is 18.2 Å². The molecule has 0 spiro atoms. The van der Waals surface area contributed by atoms with E-state index >= 15 is 0 Å². The van der Waals surface area contributed by atoms with Gasteiger partial charge < -0.3 is 15.3 Å². The molecule has 1 fully saturated rings. The molecule has 0 saturated carbocycles. The minimum absolute atomic E-state index is 0.107. The summed E-state index contributed by atoms with van der Waals surface area (Å²) in [6.45, 7) is 2.13. The second kappa shape index (κ2) is 6.66. The fraction of sp³-hybridized carbons (Fsp3) is 0.533. The van der Waals surface area contributed by atoms with Gasteiger partial charge in [-0.15, -0.1) is 0 Å². The third kappa shape index (κ3) is 4.15. The van der Waals surface area contributed by atoms with Gasteiger partial charge in [0.05, 0.1) is 5.41 Å². The number of aliphatic carboxylic acids is 1. The standard InChI is InChI=1S/C15H18F3N3O3/c1-14(12(22)23)6-8-21(9-14)13(24)19-7-5-10-3-2-4-11(20-10)15(16,17)18/h2-4H,5-9H2,1H3,(H,19,24)(H,22,23). The van der Waals surface area contributed by atoms with Crippen LogP contribution in [0.2, 0.25) is 0 Å². The van der Waals surface area contributed by atoms with Crippen molar-refractivity contribution >= 4 is 12.0 Å². The molecule has 1 aliphatic rings. The molecular formula is C15H18F3N3O3. The highest BCUT2D eigenvalue weighted by atomic mass is 19.4. The molecule has 2 amide bonds. The van der Waals surface area contributed by atoms with Crippen LogP contribution in [-0.4, -0.2) is 46.6 Å². The van der Waals surface area contributed by atoms with Crippen molar-refractivity contribution in [1.29, 1.82) is 0 Å². The summed E-state index contributed by atoms with van der Waals surface area (Å²) >= 11 is 0. The average molecular weight is 345 g/mol. The van der Waals surface area contributed by atoms with E-state index in [1.807, 2.05) is 0 Å². The zero-order valence-corrected chi connectivity index (χ0v) is 13.1. The summed E-state index contributed by atoms with van der Waals surface area (Å²) in [6, 6.07) is 3.19. The molecule has 1 saturated heterocycles. The van der Waals surface area contributed by atoms with Gasteiger partial charge in [0.1, 0.15) is 5.69 Å². The Balaban J connectivity index is 1.85. The van der Waals surface area contributed by atoms with Gasteiger partial charge in [-0.3, -0.25) is 4.79 Å². The Bertz CT molecular complexity index is 636. The summed E-state index contributed by atoms with van der Waals surface area (Å²) < 4.78 is 37.7. The number of amides is 2. The smallest absolute Gasteiger partial charge is 0.433 e. The summed E-state index contributed by atoms with van der Waals surface area (Å²) in [5.41, 5.74) is -1.70. The summed E-state index contributed by atoms with van der Waals surface area (Å²) in [6.07, 6.45) is -3.99. The lowest BCUT2D eigenvalue weighted by Crippen LogP contribution is -2.41. The van der Waals surface area contributed by atoms with Crippen LogP contribution in [0.1, 0.15) is 24.7 Å². The maximum atomic E-state index is 12.6. The number of hydrogen-bond acceptors (Lipinski definition) is 3. The first-order chi connectivity index (χ1) is 11.1. The molecular weight excluding hydrogens is 327 g/mol. The topological polar surface area (TPSA) is 82.5 Å². The van der Waals surface area contributed by atoms with E-state index in [1.54, 1.807) is 6.92 Å². The Labute approximate surface area is 136 Å². The second-order valence-corrected chi connectivity index (χ2v) is 6.03. The largest absolute Gasteiger partial charge is 0.481 e. The normalized spacial score (nSPS) is 20.9. The highest BCUT2D eigenvalue weighted by molar-refractivity contribution is 5.79. The molecule has 2 N–H and O–H groups in total. The molecule has 24 heavy (non-hydrogen) atoms. The molecule has 0 aliphatic carbocycles. The Hall–Kier alpha value is -2.32. The lowest BCUT2D eigenvalue weighted by atomic mass is 9.90. The molecule has 9 heteroatoms. The average Bonchev–Trinajstić information content (AvgIpc) is 2.91. The van der Waals surface area contributed by atoms with Crippen molar-refractivity contribution in [3.05, 3.63) is 29.6 Å². The summed E-state index contributed by atoms with van der Waals surface area (Å²) in [5, 5.41) is 11.7. The molecule has 1 atom stereocenters. The van der Waals surface area contributed by atoms with E-state index in [1.165, 1.54) is 17.0 Å². The Morgan fingerprint density at radius 3 is 2.71 bits per heavy atom. The van der Waals surface area contributed by atoms with Gasteiger partial charge in [-0.05, 0) is 25.5 Å². The van der Waals surface area contributed by atoms with Crippen LogP contribution in [0.25, 0.3) is 0 Å². The molecule has 0 radical (unpaired) electrons. The Morgan fingerprint density at radius 2 is 2.12 bits per heavy atom. The fourth-order valence-electron chi connectivity index (χ4n) is 2.49. The highest BCUT2D eigenvalue weighted by Crippen LogP contribution is 2.30. The number of urea groups is 1. The lowest BCUT2D eigenvalue weighted by molar-refractivity contribution is -0.147. The van der Waals surface area contributed by atoms with Crippen LogP contribution >= 0.6 is 0 Å². The van der Waals surface area contributed by atoms with Gasteiger partial charge in [0.25, 0.3) is 0 Å². The van der Waals surface area contributed by atoms with Gasteiger partial charge in [-0.2, -0.15) is 13.2 Å². The van der Waals surface area contributed by atoms with E-state index in [-0.39, 0.29) is 25.2 Å². The van der Waals surface area contributed by atoms with Crippen molar-refractivity contribution in [2.45, 2.75) is 25.9 Å². The van der Waals surface area contributed by atoms with Crippen molar-refractivity contribution in [2.24, 2.45) is 5.41 Å². The van der Waals surface area contributed by atoms with Crippen LogP contribution in [-0.2, 0) is 17.4 Å². The van der Waals surface area contributed by atoms with Crippen LogP contribution in [0.3, 0.4) is 0 Å². The number of rotatable bonds is 4. The van der Waals surface area contributed by atoms with Gasteiger partial charge in [0.15, 0.2) is 0 Å². The summed E-state index contributed by atoms with van der Waals surface area (Å²) in [7, 11) is 0. The van der Waals surface area contributed by atoms with Crippen molar-refractivity contribution in [3.63, 3.8) is 0 Å². The number of nitrogens with one attached hydrogen (secondary N) is 1. The predicted molar refractivity (Wildman–Crippen MR) is 78.3 cm³/mol. The number of aromatic nitrogens is 1. The van der Waals surface area contributed by atoms with Gasteiger partial charge in [0.2, 0.25) is 0 Å². The monoisotopic (exact) mass is 345 g/mol. The van der Waals surface area contributed by atoms with Gasteiger partial charge in [0, 0.05) is 31.7 Å². The first-order valence-electron chi connectivity index (χ1n) is 7.41. The van der Waals surface area contributed by atoms with Crippen molar-refractivity contribution in [2.75, 3.05) is 19.6 Å². The number of carboxylic acid groups (broad SMARTS) is 1.